The standard InChI is InChI=1S/C16H25ClN2O5S/c1-4-5-12(2)19-16(20)11-24-15-7-6-13(10-14(15)17)25(21,22)18-8-9-23-3/h6-7,10,12,18H,4-5,8-9,11H2,1-3H3,(H,19,20)/t12-/m0/s1. The Morgan fingerprint density at radius 2 is 2.08 bits per heavy atom. The van der Waals surface area contributed by atoms with Gasteiger partial charge >= 0.3 is 0 Å². The van der Waals surface area contributed by atoms with Crippen LogP contribution in [0.2, 0.25) is 5.02 Å². The summed E-state index contributed by atoms with van der Waals surface area (Å²) in [6, 6.07) is 4.15. The average Bonchev–Trinajstić information content (AvgIpc) is 2.54. The van der Waals surface area contributed by atoms with Crippen molar-refractivity contribution in [3.05, 3.63) is 23.2 Å². The summed E-state index contributed by atoms with van der Waals surface area (Å²) < 4.78 is 36.7. The Bertz CT molecular complexity index is 666. The molecule has 7 nitrogen and oxygen atoms in total. The van der Waals surface area contributed by atoms with Gasteiger partial charge in [-0.2, -0.15) is 0 Å². The van der Waals surface area contributed by atoms with Crippen LogP contribution in [0.1, 0.15) is 26.7 Å². The SMILES string of the molecule is CCC[C@H](C)NC(=O)COc1ccc(S(=O)(=O)NCCOC)cc1Cl. The number of rotatable bonds is 11. The first-order valence-corrected chi connectivity index (χ1v) is 9.86. The van der Waals surface area contributed by atoms with E-state index in [4.69, 9.17) is 21.1 Å². The van der Waals surface area contributed by atoms with Gasteiger partial charge in [-0.05, 0) is 31.5 Å². The molecule has 9 heteroatoms. The number of carbonyl (C=O) groups excluding carboxylic acids is 1. The zero-order chi connectivity index (χ0) is 18.9. The third-order valence-electron chi connectivity index (χ3n) is 3.30. The van der Waals surface area contributed by atoms with Gasteiger partial charge < -0.3 is 14.8 Å². The van der Waals surface area contributed by atoms with E-state index in [1.54, 1.807) is 0 Å². The van der Waals surface area contributed by atoms with Crippen LogP contribution in [0.4, 0.5) is 0 Å². The second-order valence-electron chi connectivity index (χ2n) is 5.53. The predicted molar refractivity (Wildman–Crippen MR) is 96.5 cm³/mol. The second-order valence-corrected chi connectivity index (χ2v) is 7.70. The van der Waals surface area contributed by atoms with Crippen LogP contribution in [0.25, 0.3) is 0 Å². The molecule has 0 fully saturated rings. The van der Waals surface area contributed by atoms with E-state index >= 15 is 0 Å². The molecule has 0 spiro atoms. The van der Waals surface area contributed by atoms with Crippen LogP contribution >= 0.6 is 11.6 Å². The molecule has 0 radical (unpaired) electrons. The minimum atomic E-state index is -3.67. The van der Waals surface area contributed by atoms with Crippen molar-refractivity contribution in [2.75, 3.05) is 26.9 Å². The molecule has 0 heterocycles. The van der Waals surface area contributed by atoms with Crippen LogP contribution in [0.15, 0.2) is 23.1 Å². The highest BCUT2D eigenvalue weighted by molar-refractivity contribution is 7.89. The number of nitrogens with one attached hydrogen (secondary N) is 2. The van der Waals surface area contributed by atoms with Crippen molar-refractivity contribution in [1.29, 1.82) is 0 Å². The van der Waals surface area contributed by atoms with Gasteiger partial charge in [-0.25, -0.2) is 13.1 Å². The Labute approximate surface area is 154 Å². The fourth-order valence-corrected chi connectivity index (χ4v) is 3.43. The van der Waals surface area contributed by atoms with Gasteiger partial charge in [0.1, 0.15) is 5.75 Å². The lowest BCUT2D eigenvalue weighted by molar-refractivity contribution is -0.123. The summed E-state index contributed by atoms with van der Waals surface area (Å²) in [4.78, 5) is 11.8. The van der Waals surface area contributed by atoms with Gasteiger partial charge in [0.25, 0.3) is 5.91 Å². The number of methoxy groups -OCH3 is 1. The van der Waals surface area contributed by atoms with Crippen LogP contribution in [-0.2, 0) is 19.6 Å². The fraction of sp³-hybridized carbons (Fsp3) is 0.562. The van der Waals surface area contributed by atoms with E-state index in [1.165, 1.54) is 25.3 Å². The van der Waals surface area contributed by atoms with Gasteiger partial charge in [-0.1, -0.05) is 24.9 Å². The molecular formula is C16H25ClN2O5S. The zero-order valence-electron chi connectivity index (χ0n) is 14.7. The third kappa shape index (κ3) is 7.60. The van der Waals surface area contributed by atoms with Crippen molar-refractivity contribution in [3.8, 4) is 5.75 Å². The predicted octanol–water partition coefficient (Wildman–Crippen LogP) is 1.95. The van der Waals surface area contributed by atoms with Crippen LogP contribution < -0.4 is 14.8 Å². The molecule has 0 aliphatic rings. The van der Waals surface area contributed by atoms with E-state index < -0.39 is 10.0 Å². The minimum absolute atomic E-state index is 0.0157. The molecular weight excluding hydrogens is 368 g/mol. The third-order valence-corrected chi connectivity index (χ3v) is 5.05. The van der Waals surface area contributed by atoms with Gasteiger partial charge in [0, 0.05) is 19.7 Å². The number of benzene rings is 1. The molecule has 1 aromatic rings. The molecule has 1 atom stereocenters. The zero-order valence-corrected chi connectivity index (χ0v) is 16.2. The molecule has 1 amide bonds. The van der Waals surface area contributed by atoms with Crippen molar-refractivity contribution in [2.24, 2.45) is 0 Å². The summed E-state index contributed by atoms with van der Waals surface area (Å²) in [6.45, 7) is 4.19. The molecule has 0 saturated carbocycles. The molecule has 2 N–H and O–H groups in total. The second kappa shape index (κ2) is 10.6. The number of sulfonamides is 1. The molecule has 1 rings (SSSR count). The van der Waals surface area contributed by atoms with Crippen LogP contribution in [0.5, 0.6) is 5.75 Å². The molecule has 25 heavy (non-hydrogen) atoms. The molecule has 1 aromatic carbocycles. The quantitative estimate of drug-likeness (QED) is 0.561. The lowest BCUT2D eigenvalue weighted by Gasteiger charge is -2.14. The van der Waals surface area contributed by atoms with Gasteiger partial charge in [0.15, 0.2) is 6.61 Å². The summed E-state index contributed by atoms with van der Waals surface area (Å²) in [5.74, 6) is -0.00857. The van der Waals surface area contributed by atoms with E-state index in [0.29, 0.717) is 0 Å². The molecule has 0 aliphatic heterocycles. The Morgan fingerprint density at radius 3 is 2.68 bits per heavy atom. The molecule has 0 aromatic heterocycles. The summed E-state index contributed by atoms with van der Waals surface area (Å²) in [5, 5.41) is 2.92. The first kappa shape index (κ1) is 21.7. The molecule has 0 saturated heterocycles. The van der Waals surface area contributed by atoms with E-state index in [9.17, 15) is 13.2 Å². The molecule has 0 bridgehead atoms. The van der Waals surface area contributed by atoms with Crippen molar-refractivity contribution in [1.82, 2.24) is 10.0 Å². The highest BCUT2D eigenvalue weighted by atomic mass is 35.5. The Kier molecular flexibility index (Phi) is 9.20. The average molecular weight is 393 g/mol. The Balaban J connectivity index is 2.65. The maximum atomic E-state index is 12.1. The van der Waals surface area contributed by atoms with Crippen LogP contribution in [0, 0.1) is 0 Å². The maximum absolute atomic E-state index is 12.1. The number of carbonyl (C=O) groups is 1. The van der Waals surface area contributed by atoms with Gasteiger partial charge in [-0.3, -0.25) is 4.79 Å². The number of ether oxygens (including phenoxy) is 2. The summed E-state index contributed by atoms with van der Waals surface area (Å²) in [7, 11) is -2.19. The highest BCUT2D eigenvalue weighted by Crippen LogP contribution is 2.27. The minimum Gasteiger partial charge on any atom is -0.482 e. The lowest BCUT2D eigenvalue weighted by atomic mass is 10.2. The van der Waals surface area contributed by atoms with Crippen LogP contribution in [-0.4, -0.2) is 47.2 Å². The normalized spacial score (nSPS) is 12.6. The largest absolute Gasteiger partial charge is 0.482 e. The van der Waals surface area contributed by atoms with Crippen LogP contribution in [0.3, 0.4) is 0 Å². The molecule has 142 valence electrons. The Morgan fingerprint density at radius 1 is 1.36 bits per heavy atom. The van der Waals surface area contributed by atoms with Gasteiger partial charge in [0.2, 0.25) is 10.0 Å². The van der Waals surface area contributed by atoms with Crippen molar-refractivity contribution in [2.45, 2.75) is 37.6 Å². The number of amides is 1. The smallest absolute Gasteiger partial charge is 0.258 e. The van der Waals surface area contributed by atoms with Gasteiger partial charge in [-0.15, -0.1) is 0 Å². The number of hydrogen-bond acceptors (Lipinski definition) is 5. The number of halogens is 1. The first-order chi connectivity index (χ1) is 11.8. The van der Waals surface area contributed by atoms with Crippen molar-refractivity contribution < 1.29 is 22.7 Å². The Hall–Kier alpha value is -1.35. The molecule has 0 aliphatic carbocycles. The van der Waals surface area contributed by atoms with Gasteiger partial charge in [0.05, 0.1) is 16.5 Å². The summed E-state index contributed by atoms with van der Waals surface area (Å²) in [6.07, 6.45) is 1.86. The molecule has 0 unspecified atom stereocenters. The first-order valence-electron chi connectivity index (χ1n) is 8.00. The maximum Gasteiger partial charge on any atom is 0.258 e. The topological polar surface area (TPSA) is 93.7 Å². The monoisotopic (exact) mass is 392 g/mol. The number of hydrogen-bond donors (Lipinski definition) is 2. The highest BCUT2D eigenvalue weighted by Gasteiger charge is 2.16. The van der Waals surface area contributed by atoms with E-state index in [-0.39, 0.29) is 47.4 Å². The lowest BCUT2D eigenvalue weighted by Crippen LogP contribution is -2.36. The van der Waals surface area contributed by atoms with E-state index in [0.717, 1.165) is 12.8 Å². The summed E-state index contributed by atoms with van der Waals surface area (Å²) in [5.41, 5.74) is 0. The fourth-order valence-electron chi connectivity index (χ4n) is 2.09. The van der Waals surface area contributed by atoms with E-state index in [1.807, 2.05) is 13.8 Å². The van der Waals surface area contributed by atoms with Crippen molar-refractivity contribution >= 4 is 27.5 Å². The summed E-state index contributed by atoms with van der Waals surface area (Å²) >= 11 is 6.06. The van der Waals surface area contributed by atoms with E-state index in [2.05, 4.69) is 10.0 Å². The van der Waals surface area contributed by atoms with Crippen molar-refractivity contribution in [3.63, 3.8) is 0 Å².